The zero-order valence-corrected chi connectivity index (χ0v) is 14.6. The van der Waals surface area contributed by atoms with Crippen molar-refractivity contribution in [1.82, 2.24) is 4.31 Å². The molecule has 0 fully saturated rings. The minimum absolute atomic E-state index is 0.122. The van der Waals surface area contributed by atoms with Crippen molar-refractivity contribution in [3.8, 4) is 5.75 Å². The Morgan fingerprint density at radius 3 is 2.52 bits per heavy atom. The Kier molecular flexibility index (Phi) is 5.78. The third-order valence-corrected chi connectivity index (χ3v) is 5.52. The van der Waals surface area contributed by atoms with E-state index in [1.165, 1.54) is 32.4 Å². The largest absolute Gasteiger partial charge is 0.497 e. The van der Waals surface area contributed by atoms with Crippen LogP contribution >= 0.6 is 0 Å². The maximum atomic E-state index is 12.6. The molecule has 8 heteroatoms. The van der Waals surface area contributed by atoms with Gasteiger partial charge in [-0.3, -0.25) is 0 Å². The number of sulfonamides is 1. The predicted octanol–water partition coefficient (Wildman–Crippen LogP) is 1.75. The summed E-state index contributed by atoms with van der Waals surface area (Å²) in [6, 6.07) is 11.8. The Hall–Kier alpha value is -2.42. The van der Waals surface area contributed by atoms with Crippen molar-refractivity contribution in [2.75, 3.05) is 20.7 Å². The third kappa shape index (κ3) is 4.36. The molecule has 7 nitrogen and oxygen atoms in total. The number of carbonyl (C=O) groups is 1. The molecular formula is C17H19NO6S. The molecule has 0 heterocycles. The molecule has 0 aliphatic carbocycles. The second-order valence-corrected chi connectivity index (χ2v) is 7.46. The lowest BCUT2D eigenvalue weighted by atomic mass is 10.1. The van der Waals surface area contributed by atoms with Crippen molar-refractivity contribution in [1.29, 1.82) is 0 Å². The standard InChI is InChI=1S/C17H19NO6S/c1-18(11-16(19)12-5-3-7-14(9-12)24-2)25(22,23)15-8-4-6-13(10-15)17(20)21/h3-10,16,19H,11H2,1-2H3,(H,20,21). The fraction of sp³-hybridized carbons (Fsp3) is 0.235. The number of benzene rings is 2. The molecule has 1 unspecified atom stereocenters. The van der Waals surface area contributed by atoms with Crippen molar-refractivity contribution < 1.29 is 28.2 Å². The molecule has 0 saturated heterocycles. The Balaban J connectivity index is 2.22. The van der Waals surface area contributed by atoms with Crippen LogP contribution in [0.2, 0.25) is 0 Å². The van der Waals surface area contributed by atoms with Gasteiger partial charge in [0.1, 0.15) is 5.75 Å². The van der Waals surface area contributed by atoms with Gasteiger partial charge in [-0.15, -0.1) is 0 Å². The minimum Gasteiger partial charge on any atom is -0.497 e. The van der Waals surface area contributed by atoms with Gasteiger partial charge in [0.15, 0.2) is 0 Å². The van der Waals surface area contributed by atoms with Gasteiger partial charge in [0, 0.05) is 13.6 Å². The van der Waals surface area contributed by atoms with Crippen molar-refractivity contribution in [2.24, 2.45) is 0 Å². The molecule has 2 aromatic carbocycles. The van der Waals surface area contributed by atoms with Crippen LogP contribution < -0.4 is 4.74 Å². The highest BCUT2D eigenvalue weighted by atomic mass is 32.2. The molecule has 25 heavy (non-hydrogen) atoms. The topological polar surface area (TPSA) is 104 Å². The van der Waals surface area contributed by atoms with Gasteiger partial charge in [0.2, 0.25) is 10.0 Å². The van der Waals surface area contributed by atoms with E-state index >= 15 is 0 Å². The average molecular weight is 365 g/mol. The minimum atomic E-state index is -3.94. The second kappa shape index (κ2) is 7.64. The molecule has 1 atom stereocenters. The van der Waals surface area contributed by atoms with Gasteiger partial charge in [0.25, 0.3) is 0 Å². The highest BCUT2D eigenvalue weighted by Crippen LogP contribution is 2.22. The fourth-order valence-electron chi connectivity index (χ4n) is 2.27. The lowest BCUT2D eigenvalue weighted by Gasteiger charge is -2.21. The molecule has 0 saturated carbocycles. The van der Waals surface area contributed by atoms with E-state index in [9.17, 15) is 18.3 Å². The van der Waals surface area contributed by atoms with Gasteiger partial charge in [-0.05, 0) is 35.9 Å². The lowest BCUT2D eigenvalue weighted by Crippen LogP contribution is -2.31. The number of likely N-dealkylation sites (N-methyl/N-ethyl adjacent to an activating group) is 1. The SMILES string of the molecule is COc1cccc(C(O)CN(C)S(=O)(=O)c2cccc(C(=O)O)c2)c1. The van der Waals surface area contributed by atoms with Crippen molar-refractivity contribution >= 4 is 16.0 Å². The maximum Gasteiger partial charge on any atom is 0.335 e. The van der Waals surface area contributed by atoms with Crippen LogP contribution in [0.15, 0.2) is 53.4 Å². The van der Waals surface area contributed by atoms with E-state index in [0.29, 0.717) is 11.3 Å². The van der Waals surface area contributed by atoms with Crippen molar-refractivity contribution in [3.05, 3.63) is 59.7 Å². The van der Waals surface area contributed by atoms with E-state index in [2.05, 4.69) is 0 Å². The Labute approximate surface area is 146 Å². The summed E-state index contributed by atoms with van der Waals surface area (Å²) < 4.78 is 31.3. The molecule has 0 bridgehead atoms. The molecule has 2 aromatic rings. The van der Waals surface area contributed by atoms with Crippen molar-refractivity contribution in [3.63, 3.8) is 0 Å². The normalized spacial score (nSPS) is 12.8. The van der Waals surface area contributed by atoms with Gasteiger partial charge in [0.05, 0.1) is 23.7 Å². The molecule has 2 N–H and O–H groups in total. The van der Waals surface area contributed by atoms with E-state index in [0.717, 1.165) is 10.4 Å². The molecule has 0 aromatic heterocycles. The summed E-state index contributed by atoms with van der Waals surface area (Å²) >= 11 is 0. The molecule has 0 amide bonds. The zero-order chi connectivity index (χ0) is 18.6. The summed E-state index contributed by atoms with van der Waals surface area (Å²) in [6.45, 7) is -0.188. The van der Waals surface area contributed by atoms with E-state index in [1.54, 1.807) is 24.3 Å². The van der Waals surface area contributed by atoms with E-state index in [-0.39, 0.29) is 17.0 Å². The number of aliphatic hydroxyl groups is 1. The summed E-state index contributed by atoms with van der Waals surface area (Å²) in [5, 5.41) is 19.3. The van der Waals surface area contributed by atoms with E-state index in [4.69, 9.17) is 9.84 Å². The van der Waals surface area contributed by atoms with Crippen LogP contribution in [0.3, 0.4) is 0 Å². The molecule has 0 spiro atoms. The summed E-state index contributed by atoms with van der Waals surface area (Å²) in [5.41, 5.74) is 0.392. The number of rotatable bonds is 7. The Morgan fingerprint density at radius 1 is 1.20 bits per heavy atom. The van der Waals surface area contributed by atoms with Gasteiger partial charge in [-0.2, -0.15) is 4.31 Å². The van der Waals surface area contributed by atoms with E-state index in [1.807, 2.05) is 0 Å². The summed E-state index contributed by atoms with van der Waals surface area (Å²) in [5.74, 6) is -0.660. The van der Waals surface area contributed by atoms with Crippen LogP contribution in [0.5, 0.6) is 5.75 Å². The second-order valence-electron chi connectivity index (χ2n) is 5.41. The highest BCUT2D eigenvalue weighted by molar-refractivity contribution is 7.89. The summed E-state index contributed by atoms with van der Waals surface area (Å²) in [4.78, 5) is 10.9. The number of carboxylic acid groups (broad SMARTS) is 1. The number of ether oxygens (including phenoxy) is 1. The number of methoxy groups -OCH3 is 1. The highest BCUT2D eigenvalue weighted by Gasteiger charge is 2.24. The van der Waals surface area contributed by atoms with Gasteiger partial charge in [-0.1, -0.05) is 18.2 Å². The maximum absolute atomic E-state index is 12.6. The van der Waals surface area contributed by atoms with Crippen molar-refractivity contribution in [2.45, 2.75) is 11.0 Å². The first-order valence-electron chi connectivity index (χ1n) is 7.37. The number of aromatic carboxylic acids is 1. The molecule has 2 rings (SSSR count). The van der Waals surface area contributed by atoms with Crippen LogP contribution in [-0.4, -0.2) is 49.6 Å². The van der Waals surface area contributed by atoms with Gasteiger partial charge < -0.3 is 14.9 Å². The number of aliphatic hydroxyl groups excluding tert-OH is 1. The van der Waals surface area contributed by atoms with Crippen LogP contribution in [-0.2, 0) is 10.0 Å². The molecule has 134 valence electrons. The Bertz CT molecular complexity index is 865. The predicted molar refractivity (Wildman–Crippen MR) is 91.2 cm³/mol. The number of nitrogens with zero attached hydrogens (tertiary/aromatic N) is 1. The molecular weight excluding hydrogens is 346 g/mol. The first kappa shape index (κ1) is 18.9. The number of hydrogen-bond donors (Lipinski definition) is 2. The number of hydrogen-bond acceptors (Lipinski definition) is 5. The summed E-state index contributed by atoms with van der Waals surface area (Å²) in [6.07, 6.45) is -1.06. The van der Waals surface area contributed by atoms with Gasteiger partial charge in [-0.25, -0.2) is 13.2 Å². The Morgan fingerprint density at radius 2 is 1.88 bits per heavy atom. The van der Waals surface area contributed by atoms with Crippen LogP contribution in [0.1, 0.15) is 22.0 Å². The first-order valence-corrected chi connectivity index (χ1v) is 8.81. The molecule has 0 aliphatic heterocycles. The van der Waals surface area contributed by atoms with Crippen LogP contribution in [0, 0.1) is 0 Å². The average Bonchev–Trinajstić information content (AvgIpc) is 2.61. The third-order valence-electron chi connectivity index (χ3n) is 3.70. The smallest absolute Gasteiger partial charge is 0.335 e. The monoisotopic (exact) mass is 365 g/mol. The summed E-state index contributed by atoms with van der Waals surface area (Å²) in [7, 11) is -1.11. The van der Waals surface area contributed by atoms with Gasteiger partial charge >= 0.3 is 5.97 Å². The number of carboxylic acids is 1. The lowest BCUT2D eigenvalue weighted by molar-refractivity contribution is 0.0696. The molecule has 0 radical (unpaired) electrons. The quantitative estimate of drug-likeness (QED) is 0.775. The zero-order valence-electron chi connectivity index (χ0n) is 13.8. The molecule has 0 aliphatic rings. The van der Waals surface area contributed by atoms with E-state index < -0.39 is 22.1 Å². The first-order chi connectivity index (χ1) is 11.8. The van der Waals surface area contributed by atoms with Crippen LogP contribution in [0.4, 0.5) is 0 Å². The van der Waals surface area contributed by atoms with Crippen LogP contribution in [0.25, 0.3) is 0 Å². The fourth-order valence-corrected chi connectivity index (χ4v) is 3.49.